The van der Waals surface area contributed by atoms with Crippen LogP contribution in [0.15, 0.2) is 18.2 Å². The number of nitrogens with one attached hydrogen (secondary N) is 1. The number of amides is 1. The lowest BCUT2D eigenvalue weighted by Gasteiger charge is -2.35. The van der Waals surface area contributed by atoms with Crippen LogP contribution in [0.4, 0.5) is 0 Å². The first kappa shape index (κ1) is 15.6. The van der Waals surface area contributed by atoms with Gasteiger partial charge in [0.05, 0.1) is 10.0 Å². The summed E-state index contributed by atoms with van der Waals surface area (Å²) in [6.45, 7) is 7.15. The van der Waals surface area contributed by atoms with Crippen LogP contribution in [-0.4, -0.2) is 36.0 Å². The zero-order valence-corrected chi connectivity index (χ0v) is 13.4. The van der Waals surface area contributed by atoms with Gasteiger partial charge in [0, 0.05) is 17.6 Å². The van der Waals surface area contributed by atoms with Crippen LogP contribution in [0.25, 0.3) is 0 Å². The van der Waals surface area contributed by atoms with E-state index in [1.165, 1.54) is 12.8 Å². The number of likely N-dealkylation sites (tertiary alicyclic amines) is 1. The first-order valence-electron chi connectivity index (χ1n) is 6.88. The molecule has 0 spiro atoms. The maximum absolute atomic E-state index is 12.1. The van der Waals surface area contributed by atoms with Crippen molar-refractivity contribution in [1.29, 1.82) is 0 Å². The monoisotopic (exact) mass is 314 g/mol. The van der Waals surface area contributed by atoms with E-state index in [1.54, 1.807) is 18.2 Å². The van der Waals surface area contributed by atoms with Crippen LogP contribution in [0, 0.1) is 0 Å². The van der Waals surface area contributed by atoms with Crippen molar-refractivity contribution in [2.24, 2.45) is 0 Å². The molecule has 1 amide bonds. The molecule has 1 saturated heterocycles. The minimum absolute atomic E-state index is 0.0254. The third-order valence-electron chi connectivity index (χ3n) is 3.83. The Hall–Kier alpha value is -0.770. The van der Waals surface area contributed by atoms with E-state index >= 15 is 0 Å². The molecule has 0 bridgehead atoms. The molecule has 1 fully saturated rings. The van der Waals surface area contributed by atoms with E-state index in [0.29, 0.717) is 22.2 Å². The first-order valence-corrected chi connectivity index (χ1v) is 7.64. The minimum atomic E-state index is -0.115. The fraction of sp³-hybridized carbons (Fsp3) is 0.533. The number of halogens is 2. The number of rotatable bonds is 4. The van der Waals surface area contributed by atoms with Gasteiger partial charge in [-0.3, -0.25) is 9.69 Å². The van der Waals surface area contributed by atoms with E-state index in [9.17, 15) is 4.79 Å². The van der Waals surface area contributed by atoms with Crippen LogP contribution < -0.4 is 5.32 Å². The van der Waals surface area contributed by atoms with Crippen LogP contribution in [0.5, 0.6) is 0 Å². The van der Waals surface area contributed by atoms with Gasteiger partial charge >= 0.3 is 0 Å². The Kier molecular flexibility index (Phi) is 4.95. The standard InChI is InChI=1S/C15H20Cl2N2O/c1-15(2,19-7-3-4-8-19)10-18-14(20)11-5-6-12(16)13(17)9-11/h5-6,9H,3-4,7-8,10H2,1-2H3,(H,18,20). The smallest absolute Gasteiger partial charge is 0.251 e. The molecule has 1 aliphatic heterocycles. The predicted octanol–water partition coefficient (Wildman–Crippen LogP) is 3.60. The predicted molar refractivity (Wildman–Crippen MR) is 83.7 cm³/mol. The van der Waals surface area contributed by atoms with Gasteiger partial charge < -0.3 is 5.32 Å². The molecule has 0 radical (unpaired) electrons. The van der Waals surface area contributed by atoms with Crippen molar-refractivity contribution in [2.45, 2.75) is 32.2 Å². The number of benzene rings is 1. The molecule has 2 rings (SSSR count). The number of carbonyl (C=O) groups is 1. The summed E-state index contributed by atoms with van der Waals surface area (Å²) in [4.78, 5) is 14.6. The zero-order valence-electron chi connectivity index (χ0n) is 11.9. The van der Waals surface area contributed by atoms with E-state index in [0.717, 1.165) is 13.1 Å². The second-order valence-electron chi connectivity index (χ2n) is 5.82. The molecule has 0 unspecified atom stereocenters. The largest absolute Gasteiger partial charge is 0.350 e. The van der Waals surface area contributed by atoms with Crippen molar-refractivity contribution < 1.29 is 4.79 Å². The summed E-state index contributed by atoms with van der Waals surface area (Å²) in [7, 11) is 0. The summed E-state index contributed by atoms with van der Waals surface area (Å²) in [6, 6.07) is 4.93. The summed E-state index contributed by atoms with van der Waals surface area (Å²) in [5.41, 5.74) is 0.513. The maximum atomic E-state index is 12.1. The molecule has 0 saturated carbocycles. The van der Waals surface area contributed by atoms with Crippen molar-refractivity contribution in [3.63, 3.8) is 0 Å². The van der Waals surface area contributed by atoms with E-state index in [4.69, 9.17) is 23.2 Å². The van der Waals surface area contributed by atoms with Gasteiger partial charge in [-0.1, -0.05) is 23.2 Å². The molecule has 0 atom stereocenters. The maximum Gasteiger partial charge on any atom is 0.251 e. The fourth-order valence-corrected chi connectivity index (χ4v) is 2.77. The molecule has 1 N–H and O–H groups in total. The number of carbonyl (C=O) groups excluding carboxylic acids is 1. The van der Waals surface area contributed by atoms with Crippen molar-refractivity contribution in [3.8, 4) is 0 Å². The van der Waals surface area contributed by atoms with E-state index < -0.39 is 0 Å². The summed E-state index contributed by atoms with van der Waals surface area (Å²) in [5.74, 6) is -0.115. The van der Waals surface area contributed by atoms with Crippen LogP contribution >= 0.6 is 23.2 Å². The van der Waals surface area contributed by atoms with Crippen molar-refractivity contribution in [3.05, 3.63) is 33.8 Å². The van der Waals surface area contributed by atoms with E-state index in [1.807, 2.05) is 0 Å². The molecule has 0 aliphatic carbocycles. The van der Waals surface area contributed by atoms with Crippen LogP contribution in [0.2, 0.25) is 10.0 Å². The second kappa shape index (κ2) is 6.33. The van der Waals surface area contributed by atoms with Gasteiger partial charge in [-0.25, -0.2) is 0 Å². The Morgan fingerprint density at radius 1 is 1.25 bits per heavy atom. The molecule has 1 aromatic rings. The van der Waals surface area contributed by atoms with Crippen molar-refractivity contribution in [2.75, 3.05) is 19.6 Å². The number of hydrogen-bond acceptors (Lipinski definition) is 2. The Morgan fingerprint density at radius 2 is 1.90 bits per heavy atom. The molecule has 1 aromatic carbocycles. The van der Waals surface area contributed by atoms with Gasteiger partial charge in [-0.05, 0) is 58.0 Å². The van der Waals surface area contributed by atoms with Gasteiger partial charge in [0.25, 0.3) is 5.91 Å². The molecular formula is C15H20Cl2N2O. The highest BCUT2D eigenvalue weighted by atomic mass is 35.5. The van der Waals surface area contributed by atoms with Crippen LogP contribution in [0.1, 0.15) is 37.0 Å². The Bertz CT molecular complexity index is 497. The van der Waals surface area contributed by atoms with Gasteiger partial charge in [-0.15, -0.1) is 0 Å². The molecule has 110 valence electrons. The Labute approximate surface area is 130 Å². The number of nitrogens with zero attached hydrogens (tertiary/aromatic N) is 1. The van der Waals surface area contributed by atoms with Gasteiger partial charge in [0.2, 0.25) is 0 Å². The third kappa shape index (κ3) is 3.66. The van der Waals surface area contributed by atoms with E-state index in [-0.39, 0.29) is 11.4 Å². The van der Waals surface area contributed by atoms with Gasteiger partial charge in [0.1, 0.15) is 0 Å². The van der Waals surface area contributed by atoms with E-state index in [2.05, 4.69) is 24.1 Å². The highest BCUT2D eigenvalue weighted by molar-refractivity contribution is 6.42. The highest BCUT2D eigenvalue weighted by Gasteiger charge is 2.29. The second-order valence-corrected chi connectivity index (χ2v) is 6.63. The molecule has 1 heterocycles. The zero-order chi connectivity index (χ0) is 14.8. The summed E-state index contributed by atoms with van der Waals surface area (Å²) < 4.78 is 0. The summed E-state index contributed by atoms with van der Waals surface area (Å²) in [5, 5.41) is 3.84. The summed E-state index contributed by atoms with van der Waals surface area (Å²) in [6.07, 6.45) is 2.48. The lowest BCUT2D eigenvalue weighted by atomic mass is 10.0. The highest BCUT2D eigenvalue weighted by Crippen LogP contribution is 2.23. The average Bonchev–Trinajstić information content (AvgIpc) is 2.94. The Balaban J connectivity index is 1.95. The summed E-state index contributed by atoms with van der Waals surface area (Å²) >= 11 is 11.8. The normalized spacial score (nSPS) is 16.4. The Morgan fingerprint density at radius 3 is 2.50 bits per heavy atom. The average molecular weight is 315 g/mol. The quantitative estimate of drug-likeness (QED) is 0.921. The number of hydrogen-bond donors (Lipinski definition) is 1. The molecular weight excluding hydrogens is 295 g/mol. The third-order valence-corrected chi connectivity index (χ3v) is 4.56. The van der Waals surface area contributed by atoms with Crippen molar-refractivity contribution in [1.82, 2.24) is 10.2 Å². The fourth-order valence-electron chi connectivity index (χ4n) is 2.47. The molecule has 20 heavy (non-hydrogen) atoms. The minimum Gasteiger partial charge on any atom is -0.350 e. The van der Waals surface area contributed by atoms with Gasteiger partial charge in [0.15, 0.2) is 0 Å². The molecule has 1 aliphatic rings. The van der Waals surface area contributed by atoms with Crippen molar-refractivity contribution >= 4 is 29.1 Å². The molecule has 3 nitrogen and oxygen atoms in total. The van der Waals surface area contributed by atoms with Crippen LogP contribution in [-0.2, 0) is 0 Å². The molecule has 0 aromatic heterocycles. The SMILES string of the molecule is CC(C)(CNC(=O)c1ccc(Cl)c(Cl)c1)N1CCCC1. The molecule has 5 heteroatoms. The topological polar surface area (TPSA) is 32.3 Å². The first-order chi connectivity index (χ1) is 9.40. The van der Waals surface area contributed by atoms with Crippen LogP contribution in [0.3, 0.4) is 0 Å². The lowest BCUT2D eigenvalue weighted by molar-refractivity contribution is 0.0902. The lowest BCUT2D eigenvalue weighted by Crippen LogP contribution is -2.50. The van der Waals surface area contributed by atoms with Gasteiger partial charge in [-0.2, -0.15) is 0 Å².